The lowest BCUT2D eigenvalue weighted by molar-refractivity contribution is -0.120. The van der Waals surface area contributed by atoms with Gasteiger partial charge >= 0.3 is 0 Å². The van der Waals surface area contributed by atoms with E-state index in [1.807, 2.05) is 66.1 Å². The second kappa shape index (κ2) is 9.27. The molecule has 6 aromatic rings. The van der Waals surface area contributed by atoms with Crippen LogP contribution in [0.5, 0.6) is 0 Å². The third-order valence-electron chi connectivity index (χ3n) is 6.42. The van der Waals surface area contributed by atoms with Crippen molar-refractivity contribution in [2.24, 2.45) is 0 Å². The molecular formula is C28H23N7O2. The van der Waals surface area contributed by atoms with Gasteiger partial charge in [-0.25, -0.2) is 9.61 Å². The van der Waals surface area contributed by atoms with Gasteiger partial charge in [0, 0.05) is 29.3 Å². The first-order valence-electron chi connectivity index (χ1n) is 11.9. The van der Waals surface area contributed by atoms with Crippen molar-refractivity contribution in [1.29, 1.82) is 0 Å². The molecule has 0 spiro atoms. The summed E-state index contributed by atoms with van der Waals surface area (Å²) in [5, 5.41) is 20.0. The molecule has 0 unspecified atom stereocenters. The smallest absolute Gasteiger partial charge is 0.226 e. The van der Waals surface area contributed by atoms with Crippen molar-refractivity contribution >= 4 is 22.5 Å². The van der Waals surface area contributed by atoms with Gasteiger partial charge in [0.05, 0.1) is 17.6 Å². The summed E-state index contributed by atoms with van der Waals surface area (Å²) in [6.07, 6.45) is 2.09. The van der Waals surface area contributed by atoms with Crippen molar-refractivity contribution in [2.45, 2.75) is 26.8 Å². The number of carbonyl (C=O) groups is 1. The number of fused-ring (bicyclic) bond motifs is 3. The summed E-state index contributed by atoms with van der Waals surface area (Å²) >= 11 is 0. The number of carbonyl (C=O) groups excluding carboxylic acids is 1. The SMILES string of the molecule is Cc1nonc1CC(=O)NCc1ccc(-c2nc3ccn4c(C)nnc4c3cc2-c2ccccc2)cc1. The molecule has 9 nitrogen and oxygen atoms in total. The number of hydrogen-bond donors (Lipinski definition) is 1. The predicted octanol–water partition coefficient (Wildman–Crippen LogP) is 4.47. The van der Waals surface area contributed by atoms with Gasteiger partial charge in [-0.15, -0.1) is 10.2 Å². The molecule has 4 heterocycles. The van der Waals surface area contributed by atoms with Crippen LogP contribution in [0.1, 0.15) is 22.8 Å². The first kappa shape index (κ1) is 22.5. The molecule has 2 aromatic carbocycles. The normalized spacial score (nSPS) is 11.3. The van der Waals surface area contributed by atoms with Crippen LogP contribution in [0.2, 0.25) is 0 Å². The molecule has 9 heteroatoms. The molecule has 4 aromatic heterocycles. The summed E-state index contributed by atoms with van der Waals surface area (Å²) in [6.45, 7) is 4.10. The number of amides is 1. The molecule has 0 radical (unpaired) electrons. The van der Waals surface area contributed by atoms with Gasteiger partial charge in [-0.2, -0.15) is 0 Å². The van der Waals surface area contributed by atoms with Gasteiger partial charge in [0.15, 0.2) is 5.65 Å². The van der Waals surface area contributed by atoms with E-state index in [-0.39, 0.29) is 12.3 Å². The van der Waals surface area contributed by atoms with Crippen molar-refractivity contribution < 1.29 is 9.42 Å². The van der Waals surface area contributed by atoms with Gasteiger partial charge in [0.1, 0.15) is 17.2 Å². The largest absolute Gasteiger partial charge is 0.352 e. The Morgan fingerprint density at radius 2 is 1.76 bits per heavy atom. The Balaban J connectivity index is 1.32. The fourth-order valence-electron chi connectivity index (χ4n) is 4.37. The number of nitrogens with zero attached hydrogens (tertiary/aromatic N) is 6. The maximum Gasteiger partial charge on any atom is 0.226 e. The Hall–Kier alpha value is -4.92. The van der Waals surface area contributed by atoms with E-state index < -0.39 is 0 Å². The zero-order chi connectivity index (χ0) is 25.4. The lowest BCUT2D eigenvalue weighted by Gasteiger charge is -2.13. The molecule has 0 bridgehead atoms. The standard InChI is InChI=1S/C28H23N7O2/c1-17-25(34-37-33-17)15-26(36)29-16-19-8-10-21(11-9-19)27-22(20-6-4-3-5-7-20)14-23-24(30-27)12-13-35-18(2)31-32-28(23)35/h3-14H,15-16H2,1-2H3,(H,29,36). The molecule has 0 saturated heterocycles. The Kier molecular flexibility index (Phi) is 5.65. The van der Waals surface area contributed by atoms with Crippen LogP contribution in [0.15, 0.2) is 77.6 Å². The van der Waals surface area contributed by atoms with Crippen LogP contribution in [0.25, 0.3) is 38.9 Å². The fraction of sp³-hybridized carbons (Fsp3) is 0.143. The number of pyridine rings is 2. The third-order valence-corrected chi connectivity index (χ3v) is 6.42. The first-order valence-corrected chi connectivity index (χ1v) is 11.9. The molecule has 6 rings (SSSR count). The number of aryl methyl sites for hydroxylation is 2. The number of nitrogens with one attached hydrogen (secondary N) is 1. The summed E-state index contributed by atoms with van der Waals surface area (Å²) in [4.78, 5) is 17.4. The van der Waals surface area contributed by atoms with Gasteiger partial charge in [0.25, 0.3) is 0 Å². The highest BCUT2D eigenvalue weighted by Crippen LogP contribution is 2.34. The fourth-order valence-corrected chi connectivity index (χ4v) is 4.37. The third kappa shape index (κ3) is 4.31. The minimum atomic E-state index is -0.138. The maximum absolute atomic E-state index is 12.3. The van der Waals surface area contributed by atoms with Gasteiger partial charge in [0.2, 0.25) is 5.91 Å². The quantitative estimate of drug-likeness (QED) is 0.367. The Morgan fingerprint density at radius 1 is 0.946 bits per heavy atom. The van der Waals surface area contributed by atoms with Crippen molar-refractivity contribution in [2.75, 3.05) is 0 Å². The average molecular weight is 490 g/mol. The molecule has 0 saturated carbocycles. The molecule has 0 aliphatic heterocycles. The molecule has 182 valence electrons. The van der Waals surface area contributed by atoms with Gasteiger partial charge in [-0.3, -0.25) is 9.20 Å². The minimum absolute atomic E-state index is 0.133. The zero-order valence-electron chi connectivity index (χ0n) is 20.3. The highest BCUT2D eigenvalue weighted by Gasteiger charge is 2.15. The molecule has 0 atom stereocenters. The van der Waals surface area contributed by atoms with E-state index in [4.69, 9.17) is 4.98 Å². The number of rotatable bonds is 6. The molecular weight excluding hydrogens is 466 g/mol. The molecule has 1 N–H and O–H groups in total. The highest BCUT2D eigenvalue weighted by atomic mass is 16.6. The zero-order valence-corrected chi connectivity index (χ0v) is 20.3. The molecule has 0 aliphatic rings. The second-order valence-electron chi connectivity index (χ2n) is 8.89. The summed E-state index contributed by atoms with van der Waals surface area (Å²) in [5.41, 5.74) is 7.73. The van der Waals surface area contributed by atoms with Gasteiger partial charge < -0.3 is 5.32 Å². The van der Waals surface area contributed by atoms with Crippen molar-refractivity contribution in [1.82, 2.24) is 35.2 Å². The van der Waals surface area contributed by atoms with Crippen LogP contribution in [-0.4, -0.2) is 35.8 Å². The summed E-state index contributed by atoms with van der Waals surface area (Å²) in [7, 11) is 0. The van der Waals surface area contributed by atoms with E-state index in [1.54, 1.807) is 6.92 Å². The van der Waals surface area contributed by atoms with Crippen LogP contribution in [0.3, 0.4) is 0 Å². The lowest BCUT2D eigenvalue weighted by atomic mass is 9.97. The number of benzene rings is 2. The van der Waals surface area contributed by atoms with Crippen LogP contribution in [-0.2, 0) is 17.8 Å². The van der Waals surface area contributed by atoms with Crippen molar-refractivity contribution in [3.05, 3.63) is 95.7 Å². The van der Waals surface area contributed by atoms with E-state index in [0.717, 1.165) is 50.3 Å². The Labute approximate surface area is 212 Å². The summed E-state index contributed by atoms with van der Waals surface area (Å²) in [6, 6.07) is 22.4. The maximum atomic E-state index is 12.3. The van der Waals surface area contributed by atoms with E-state index >= 15 is 0 Å². The first-order chi connectivity index (χ1) is 18.1. The summed E-state index contributed by atoms with van der Waals surface area (Å²) < 4.78 is 6.64. The number of hydrogen-bond acceptors (Lipinski definition) is 7. The predicted molar refractivity (Wildman–Crippen MR) is 138 cm³/mol. The Morgan fingerprint density at radius 3 is 2.51 bits per heavy atom. The van der Waals surface area contributed by atoms with Crippen LogP contribution < -0.4 is 5.32 Å². The lowest BCUT2D eigenvalue weighted by Crippen LogP contribution is -2.24. The monoisotopic (exact) mass is 489 g/mol. The average Bonchev–Trinajstić information content (AvgIpc) is 3.52. The van der Waals surface area contributed by atoms with E-state index in [0.29, 0.717) is 17.9 Å². The molecule has 1 amide bonds. The van der Waals surface area contributed by atoms with Crippen LogP contribution >= 0.6 is 0 Å². The minimum Gasteiger partial charge on any atom is -0.352 e. The van der Waals surface area contributed by atoms with Crippen LogP contribution in [0, 0.1) is 13.8 Å². The molecule has 0 fully saturated rings. The Bertz CT molecular complexity index is 1740. The second-order valence-corrected chi connectivity index (χ2v) is 8.89. The van der Waals surface area contributed by atoms with E-state index in [2.05, 4.69) is 48.7 Å². The topological polar surface area (TPSA) is 111 Å². The van der Waals surface area contributed by atoms with Crippen molar-refractivity contribution in [3.63, 3.8) is 0 Å². The van der Waals surface area contributed by atoms with Gasteiger partial charge in [-0.05, 0) is 37.1 Å². The van der Waals surface area contributed by atoms with Crippen molar-refractivity contribution in [3.8, 4) is 22.4 Å². The molecule has 0 aliphatic carbocycles. The molecule has 37 heavy (non-hydrogen) atoms. The number of aromatic nitrogens is 6. The highest BCUT2D eigenvalue weighted by molar-refractivity contribution is 5.98. The van der Waals surface area contributed by atoms with Crippen LogP contribution in [0.4, 0.5) is 0 Å². The van der Waals surface area contributed by atoms with E-state index in [1.165, 1.54) is 0 Å². The van der Waals surface area contributed by atoms with Gasteiger partial charge in [-0.1, -0.05) is 64.9 Å². The van der Waals surface area contributed by atoms with E-state index in [9.17, 15) is 4.79 Å². The summed E-state index contributed by atoms with van der Waals surface area (Å²) in [5.74, 6) is 0.693.